The first-order valence-corrected chi connectivity index (χ1v) is 7.25. The van der Waals surface area contributed by atoms with Gasteiger partial charge in [0.2, 0.25) is 0 Å². The Morgan fingerprint density at radius 2 is 1.78 bits per heavy atom. The number of nitrogens with zero attached hydrogens (tertiary/aromatic N) is 2. The molecule has 0 atom stereocenters. The molecule has 0 spiro atoms. The van der Waals surface area contributed by atoms with Gasteiger partial charge in [-0.1, -0.05) is 18.2 Å². The molecule has 0 radical (unpaired) electrons. The molecule has 1 aromatic heterocycles. The lowest BCUT2D eigenvalue weighted by molar-refractivity contribution is 0.102. The summed E-state index contributed by atoms with van der Waals surface area (Å²) in [5.41, 5.74) is 2.90. The lowest BCUT2D eigenvalue weighted by Crippen LogP contribution is -2.13. The molecule has 1 N–H and O–H groups in total. The van der Waals surface area contributed by atoms with Gasteiger partial charge >= 0.3 is 0 Å². The molecule has 0 saturated heterocycles. The topological polar surface area (TPSA) is 56.1 Å². The summed E-state index contributed by atoms with van der Waals surface area (Å²) in [6.07, 6.45) is 0. The summed E-state index contributed by atoms with van der Waals surface area (Å²) in [5.74, 6) is 0.500. The van der Waals surface area contributed by atoms with Crippen LogP contribution in [0.1, 0.15) is 16.2 Å². The Bertz CT molecular complexity index is 808. The number of hydrogen-bond donors (Lipinski definition) is 1. The lowest BCUT2D eigenvalue weighted by atomic mass is 10.3. The number of hydrogen-bond acceptors (Lipinski definition) is 3. The molecule has 1 amide bonds. The van der Waals surface area contributed by atoms with E-state index in [4.69, 9.17) is 4.74 Å². The van der Waals surface area contributed by atoms with E-state index in [9.17, 15) is 4.79 Å². The van der Waals surface area contributed by atoms with Crippen LogP contribution < -0.4 is 10.1 Å². The summed E-state index contributed by atoms with van der Waals surface area (Å²) in [5, 5.41) is 7.22. The number of carbonyl (C=O) groups excluding carboxylic acids is 1. The number of nitrogens with one attached hydrogen (secondary N) is 1. The smallest absolute Gasteiger partial charge is 0.276 e. The van der Waals surface area contributed by atoms with Crippen molar-refractivity contribution in [3.8, 4) is 11.4 Å². The maximum Gasteiger partial charge on any atom is 0.276 e. The van der Waals surface area contributed by atoms with Gasteiger partial charge in [-0.25, -0.2) is 4.68 Å². The molecule has 23 heavy (non-hydrogen) atoms. The normalized spacial score (nSPS) is 10.3. The number of benzene rings is 2. The number of methoxy groups -OCH3 is 1. The maximum absolute atomic E-state index is 12.3. The third kappa shape index (κ3) is 3.23. The highest BCUT2D eigenvalue weighted by Crippen LogP contribution is 2.17. The van der Waals surface area contributed by atoms with Crippen LogP contribution in [-0.4, -0.2) is 22.8 Å². The van der Waals surface area contributed by atoms with Gasteiger partial charge < -0.3 is 10.1 Å². The average Bonchev–Trinajstić information content (AvgIpc) is 2.98. The largest absolute Gasteiger partial charge is 0.497 e. The highest BCUT2D eigenvalue weighted by molar-refractivity contribution is 6.03. The number of amides is 1. The molecule has 3 rings (SSSR count). The van der Waals surface area contributed by atoms with Gasteiger partial charge in [0.15, 0.2) is 5.69 Å². The van der Waals surface area contributed by atoms with Crippen molar-refractivity contribution in [1.82, 2.24) is 9.78 Å². The van der Waals surface area contributed by atoms with E-state index in [-0.39, 0.29) is 5.91 Å². The van der Waals surface area contributed by atoms with Crippen molar-refractivity contribution in [2.24, 2.45) is 0 Å². The van der Waals surface area contributed by atoms with E-state index in [1.165, 1.54) is 0 Å². The molecule has 0 aliphatic heterocycles. The van der Waals surface area contributed by atoms with Crippen molar-refractivity contribution in [3.63, 3.8) is 0 Å². The summed E-state index contributed by atoms with van der Waals surface area (Å²) in [4.78, 5) is 12.3. The van der Waals surface area contributed by atoms with E-state index in [1.807, 2.05) is 37.3 Å². The quantitative estimate of drug-likeness (QED) is 0.803. The number of rotatable bonds is 4. The zero-order chi connectivity index (χ0) is 16.2. The number of aromatic nitrogens is 2. The number of para-hydroxylation sites is 1. The standard InChI is InChI=1S/C18H17N3O2/c1-13-12-17(20-21(13)15-6-4-3-5-7-15)18(22)19-14-8-10-16(23-2)11-9-14/h3-12H,1-2H3,(H,19,22). The first kappa shape index (κ1) is 14.8. The van der Waals surface area contributed by atoms with Crippen molar-refractivity contribution in [1.29, 1.82) is 0 Å². The fraction of sp³-hybridized carbons (Fsp3) is 0.111. The molecule has 5 nitrogen and oxygen atoms in total. The molecule has 0 unspecified atom stereocenters. The molecule has 5 heteroatoms. The van der Waals surface area contributed by atoms with Crippen molar-refractivity contribution in [2.45, 2.75) is 6.92 Å². The van der Waals surface area contributed by atoms with Gasteiger partial charge in [-0.15, -0.1) is 0 Å². The minimum atomic E-state index is -0.243. The Morgan fingerprint density at radius 3 is 2.43 bits per heavy atom. The van der Waals surface area contributed by atoms with Gasteiger partial charge in [0.05, 0.1) is 12.8 Å². The van der Waals surface area contributed by atoms with Gasteiger partial charge in [0, 0.05) is 11.4 Å². The zero-order valence-electron chi connectivity index (χ0n) is 13.0. The summed E-state index contributed by atoms with van der Waals surface area (Å²) in [6, 6.07) is 18.7. The van der Waals surface area contributed by atoms with Gasteiger partial charge in [-0.05, 0) is 49.4 Å². The second kappa shape index (κ2) is 6.36. The van der Waals surface area contributed by atoms with Crippen molar-refractivity contribution in [3.05, 3.63) is 72.1 Å². The molecule has 3 aromatic rings. The Kier molecular flexibility index (Phi) is 4.10. The zero-order valence-corrected chi connectivity index (χ0v) is 13.0. The SMILES string of the molecule is COc1ccc(NC(=O)c2cc(C)n(-c3ccccc3)n2)cc1. The fourth-order valence-corrected chi connectivity index (χ4v) is 2.29. The minimum Gasteiger partial charge on any atom is -0.497 e. The summed E-state index contributed by atoms with van der Waals surface area (Å²) in [6.45, 7) is 1.92. The van der Waals surface area contributed by atoms with Crippen LogP contribution in [0.4, 0.5) is 5.69 Å². The molecule has 0 saturated carbocycles. The third-order valence-corrected chi connectivity index (χ3v) is 3.47. The van der Waals surface area contributed by atoms with Crippen LogP contribution in [0.3, 0.4) is 0 Å². The first-order chi connectivity index (χ1) is 11.2. The van der Waals surface area contributed by atoms with Crippen LogP contribution in [-0.2, 0) is 0 Å². The molecule has 0 aliphatic carbocycles. The molecule has 116 valence electrons. The van der Waals surface area contributed by atoms with Gasteiger partial charge in [-0.3, -0.25) is 4.79 Å². The van der Waals surface area contributed by atoms with Gasteiger partial charge in [0.25, 0.3) is 5.91 Å². The van der Waals surface area contributed by atoms with E-state index in [0.29, 0.717) is 11.4 Å². The molecule has 0 bridgehead atoms. The van der Waals surface area contributed by atoms with Gasteiger partial charge in [-0.2, -0.15) is 5.10 Å². The van der Waals surface area contributed by atoms with E-state index in [0.717, 1.165) is 17.1 Å². The predicted molar refractivity (Wildman–Crippen MR) is 89.2 cm³/mol. The highest BCUT2D eigenvalue weighted by atomic mass is 16.5. The Balaban J connectivity index is 1.80. The number of anilines is 1. The van der Waals surface area contributed by atoms with E-state index in [2.05, 4.69) is 10.4 Å². The Hall–Kier alpha value is -3.08. The van der Waals surface area contributed by atoms with Crippen LogP contribution in [0, 0.1) is 6.92 Å². The Morgan fingerprint density at radius 1 is 1.09 bits per heavy atom. The lowest BCUT2D eigenvalue weighted by Gasteiger charge is -2.05. The van der Waals surface area contributed by atoms with Crippen molar-refractivity contribution < 1.29 is 9.53 Å². The van der Waals surface area contributed by atoms with Crippen LogP contribution in [0.25, 0.3) is 5.69 Å². The van der Waals surface area contributed by atoms with E-state index >= 15 is 0 Å². The molecular weight excluding hydrogens is 290 g/mol. The van der Waals surface area contributed by atoms with Crippen LogP contribution in [0.5, 0.6) is 5.75 Å². The Labute approximate surface area is 134 Å². The summed E-state index contributed by atoms with van der Waals surface area (Å²) < 4.78 is 6.85. The molecule has 0 fully saturated rings. The van der Waals surface area contributed by atoms with Crippen molar-refractivity contribution >= 4 is 11.6 Å². The van der Waals surface area contributed by atoms with Crippen LogP contribution in [0.15, 0.2) is 60.7 Å². The molecular formula is C18H17N3O2. The summed E-state index contributed by atoms with van der Waals surface area (Å²) >= 11 is 0. The van der Waals surface area contributed by atoms with Crippen LogP contribution >= 0.6 is 0 Å². The maximum atomic E-state index is 12.3. The first-order valence-electron chi connectivity index (χ1n) is 7.25. The molecule has 2 aromatic carbocycles. The highest BCUT2D eigenvalue weighted by Gasteiger charge is 2.13. The van der Waals surface area contributed by atoms with Gasteiger partial charge in [0.1, 0.15) is 5.75 Å². The number of ether oxygens (including phenoxy) is 1. The second-order valence-electron chi connectivity index (χ2n) is 5.10. The average molecular weight is 307 g/mol. The second-order valence-corrected chi connectivity index (χ2v) is 5.10. The predicted octanol–water partition coefficient (Wildman–Crippen LogP) is 3.44. The monoisotopic (exact) mass is 307 g/mol. The third-order valence-electron chi connectivity index (χ3n) is 3.47. The number of carbonyl (C=O) groups is 1. The van der Waals surface area contributed by atoms with Crippen LogP contribution in [0.2, 0.25) is 0 Å². The van der Waals surface area contributed by atoms with E-state index < -0.39 is 0 Å². The van der Waals surface area contributed by atoms with E-state index in [1.54, 1.807) is 42.1 Å². The number of aryl methyl sites for hydroxylation is 1. The van der Waals surface area contributed by atoms with Crippen molar-refractivity contribution in [2.75, 3.05) is 12.4 Å². The molecule has 1 heterocycles. The minimum absolute atomic E-state index is 0.243. The molecule has 0 aliphatic rings. The fourth-order valence-electron chi connectivity index (χ4n) is 2.29. The summed E-state index contributed by atoms with van der Waals surface area (Å²) in [7, 11) is 1.60.